The third kappa shape index (κ3) is 4.33. The SMILES string of the molecule is CC1CCCN(C(=O)N(CC(N)=O)CC(N)=O)C1C(=O)O. The number of hydrogen-bond acceptors (Lipinski definition) is 4. The zero-order valence-corrected chi connectivity index (χ0v) is 11.8. The molecule has 1 aliphatic heterocycles. The Bertz CT molecular complexity index is 437. The summed E-state index contributed by atoms with van der Waals surface area (Å²) in [4.78, 5) is 47.8. The quantitative estimate of drug-likeness (QED) is 0.569. The summed E-state index contributed by atoms with van der Waals surface area (Å²) >= 11 is 0. The first kappa shape index (κ1) is 16.7. The molecule has 2 unspecified atom stereocenters. The molecule has 4 amide bonds. The van der Waals surface area contributed by atoms with Crippen molar-refractivity contribution in [2.24, 2.45) is 17.4 Å². The summed E-state index contributed by atoms with van der Waals surface area (Å²) in [6.45, 7) is 1.01. The van der Waals surface area contributed by atoms with E-state index in [9.17, 15) is 24.3 Å². The minimum Gasteiger partial charge on any atom is -0.480 e. The fraction of sp³-hybridized carbons (Fsp3) is 0.667. The van der Waals surface area contributed by atoms with Gasteiger partial charge < -0.3 is 26.4 Å². The molecule has 0 saturated carbocycles. The van der Waals surface area contributed by atoms with Crippen molar-refractivity contribution in [3.05, 3.63) is 0 Å². The van der Waals surface area contributed by atoms with Crippen molar-refractivity contribution < 1.29 is 24.3 Å². The summed E-state index contributed by atoms with van der Waals surface area (Å²) in [7, 11) is 0. The lowest BCUT2D eigenvalue weighted by atomic mass is 9.91. The summed E-state index contributed by atoms with van der Waals surface area (Å²) in [6.07, 6.45) is 1.34. The van der Waals surface area contributed by atoms with Gasteiger partial charge in [-0.05, 0) is 18.8 Å². The zero-order valence-electron chi connectivity index (χ0n) is 11.8. The maximum atomic E-state index is 12.4. The molecule has 9 nitrogen and oxygen atoms in total. The molecule has 21 heavy (non-hydrogen) atoms. The van der Waals surface area contributed by atoms with Gasteiger partial charge >= 0.3 is 12.0 Å². The molecule has 0 aliphatic carbocycles. The lowest BCUT2D eigenvalue weighted by Crippen LogP contribution is -2.58. The number of urea groups is 1. The molecule has 0 aromatic heterocycles. The van der Waals surface area contributed by atoms with E-state index in [0.717, 1.165) is 9.80 Å². The number of rotatable bonds is 5. The first-order valence-electron chi connectivity index (χ1n) is 6.59. The highest BCUT2D eigenvalue weighted by Crippen LogP contribution is 2.24. The van der Waals surface area contributed by atoms with Crippen molar-refractivity contribution in [1.82, 2.24) is 9.80 Å². The molecule has 5 N–H and O–H groups in total. The van der Waals surface area contributed by atoms with Gasteiger partial charge in [-0.2, -0.15) is 0 Å². The van der Waals surface area contributed by atoms with Crippen LogP contribution in [-0.2, 0) is 14.4 Å². The van der Waals surface area contributed by atoms with E-state index in [1.54, 1.807) is 6.92 Å². The Labute approximate surface area is 121 Å². The molecule has 1 rings (SSSR count). The van der Waals surface area contributed by atoms with Crippen molar-refractivity contribution >= 4 is 23.8 Å². The van der Waals surface area contributed by atoms with Gasteiger partial charge in [0.1, 0.15) is 19.1 Å². The van der Waals surface area contributed by atoms with E-state index in [1.165, 1.54) is 0 Å². The molecular weight excluding hydrogens is 280 g/mol. The lowest BCUT2D eigenvalue weighted by Gasteiger charge is -2.39. The molecule has 1 fully saturated rings. The van der Waals surface area contributed by atoms with Gasteiger partial charge in [0, 0.05) is 6.54 Å². The van der Waals surface area contributed by atoms with Gasteiger partial charge in [0.25, 0.3) is 0 Å². The number of aliphatic carboxylic acids is 1. The van der Waals surface area contributed by atoms with E-state index >= 15 is 0 Å². The Balaban J connectivity index is 2.96. The maximum Gasteiger partial charge on any atom is 0.326 e. The molecule has 0 radical (unpaired) electrons. The molecule has 1 aliphatic rings. The average Bonchev–Trinajstić information content (AvgIpc) is 2.35. The third-order valence-corrected chi connectivity index (χ3v) is 3.40. The van der Waals surface area contributed by atoms with Crippen LogP contribution in [0.25, 0.3) is 0 Å². The third-order valence-electron chi connectivity index (χ3n) is 3.40. The van der Waals surface area contributed by atoms with E-state index in [0.29, 0.717) is 12.8 Å². The Morgan fingerprint density at radius 2 is 1.71 bits per heavy atom. The molecule has 0 aromatic rings. The first-order valence-corrected chi connectivity index (χ1v) is 6.59. The van der Waals surface area contributed by atoms with Gasteiger partial charge in [-0.1, -0.05) is 6.92 Å². The molecular formula is C12H20N4O5. The predicted molar refractivity (Wildman–Crippen MR) is 71.9 cm³/mol. The van der Waals surface area contributed by atoms with Crippen molar-refractivity contribution in [3.8, 4) is 0 Å². The number of nitrogens with two attached hydrogens (primary N) is 2. The number of carbonyl (C=O) groups excluding carboxylic acids is 3. The second-order valence-corrected chi connectivity index (χ2v) is 5.17. The van der Waals surface area contributed by atoms with E-state index in [2.05, 4.69) is 0 Å². The number of piperidine rings is 1. The number of carboxylic acid groups (broad SMARTS) is 1. The van der Waals surface area contributed by atoms with Crippen molar-refractivity contribution in [2.45, 2.75) is 25.8 Å². The molecule has 2 atom stereocenters. The van der Waals surface area contributed by atoms with Crippen LogP contribution in [0, 0.1) is 5.92 Å². The van der Waals surface area contributed by atoms with Gasteiger partial charge in [0.15, 0.2) is 0 Å². The van der Waals surface area contributed by atoms with Crippen molar-refractivity contribution in [2.75, 3.05) is 19.6 Å². The Morgan fingerprint density at radius 1 is 1.19 bits per heavy atom. The maximum absolute atomic E-state index is 12.4. The number of primary amides is 2. The fourth-order valence-electron chi connectivity index (χ4n) is 2.53. The highest BCUT2D eigenvalue weighted by molar-refractivity contribution is 5.89. The molecule has 0 spiro atoms. The summed E-state index contributed by atoms with van der Waals surface area (Å²) < 4.78 is 0. The highest BCUT2D eigenvalue weighted by atomic mass is 16.4. The highest BCUT2D eigenvalue weighted by Gasteiger charge is 2.39. The Morgan fingerprint density at radius 3 is 2.14 bits per heavy atom. The van der Waals surface area contributed by atoms with E-state index in [1.807, 2.05) is 0 Å². The number of amides is 4. The fourth-order valence-corrected chi connectivity index (χ4v) is 2.53. The number of carboxylic acids is 1. The van der Waals surface area contributed by atoms with Crippen LogP contribution >= 0.6 is 0 Å². The summed E-state index contributed by atoms with van der Waals surface area (Å²) in [5.41, 5.74) is 10.1. The number of likely N-dealkylation sites (tertiary alicyclic amines) is 1. The van der Waals surface area contributed by atoms with E-state index < -0.39 is 42.9 Å². The number of hydrogen-bond donors (Lipinski definition) is 3. The zero-order chi connectivity index (χ0) is 16.2. The number of nitrogens with zero attached hydrogens (tertiary/aromatic N) is 2. The second kappa shape index (κ2) is 6.91. The van der Waals surface area contributed by atoms with Crippen LogP contribution in [0.15, 0.2) is 0 Å². The van der Waals surface area contributed by atoms with Crippen LogP contribution in [0.3, 0.4) is 0 Å². The molecule has 1 saturated heterocycles. The van der Waals surface area contributed by atoms with Crippen LogP contribution in [0.4, 0.5) is 4.79 Å². The van der Waals surface area contributed by atoms with Gasteiger partial charge in [-0.3, -0.25) is 9.59 Å². The van der Waals surface area contributed by atoms with Crippen LogP contribution in [0.1, 0.15) is 19.8 Å². The first-order chi connectivity index (χ1) is 9.73. The van der Waals surface area contributed by atoms with Gasteiger partial charge in [-0.25, -0.2) is 9.59 Å². The summed E-state index contributed by atoms with van der Waals surface area (Å²) in [6, 6.07) is -1.71. The van der Waals surface area contributed by atoms with Crippen LogP contribution in [-0.4, -0.2) is 64.4 Å². The normalized spacial score (nSPS) is 21.7. The Hall–Kier alpha value is -2.32. The van der Waals surface area contributed by atoms with E-state index in [-0.39, 0.29) is 12.5 Å². The van der Waals surface area contributed by atoms with Gasteiger partial charge in [-0.15, -0.1) is 0 Å². The summed E-state index contributed by atoms with van der Waals surface area (Å²) in [5.74, 6) is -2.94. The standard InChI is InChI=1S/C12H20N4O5/c1-7-3-2-4-16(10(7)11(19)20)12(21)15(5-8(13)17)6-9(14)18/h7,10H,2-6H2,1H3,(H2,13,17)(H2,14,18)(H,19,20). The second-order valence-electron chi connectivity index (χ2n) is 5.17. The monoisotopic (exact) mass is 300 g/mol. The molecule has 118 valence electrons. The smallest absolute Gasteiger partial charge is 0.326 e. The topological polar surface area (TPSA) is 147 Å². The minimum absolute atomic E-state index is 0.218. The Kier molecular flexibility index (Phi) is 5.51. The summed E-state index contributed by atoms with van der Waals surface area (Å²) in [5, 5.41) is 9.28. The van der Waals surface area contributed by atoms with Crippen LogP contribution in [0.2, 0.25) is 0 Å². The molecule has 0 aromatic carbocycles. The largest absolute Gasteiger partial charge is 0.480 e. The van der Waals surface area contributed by atoms with Gasteiger partial charge in [0.05, 0.1) is 0 Å². The minimum atomic E-state index is -1.12. The predicted octanol–water partition coefficient (Wildman–Crippen LogP) is -1.44. The van der Waals surface area contributed by atoms with Crippen LogP contribution < -0.4 is 11.5 Å². The van der Waals surface area contributed by atoms with Gasteiger partial charge in [0.2, 0.25) is 11.8 Å². The molecule has 1 heterocycles. The average molecular weight is 300 g/mol. The molecule has 9 heteroatoms. The van der Waals surface area contributed by atoms with Crippen LogP contribution in [0.5, 0.6) is 0 Å². The van der Waals surface area contributed by atoms with Crippen molar-refractivity contribution in [3.63, 3.8) is 0 Å². The van der Waals surface area contributed by atoms with Crippen molar-refractivity contribution in [1.29, 1.82) is 0 Å². The number of carbonyl (C=O) groups is 4. The molecule has 0 bridgehead atoms. The van der Waals surface area contributed by atoms with E-state index in [4.69, 9.17) is 11.5 Å². The lowest BCUT2D eigenvalue weighted by molar-refractivity contribution is -0.145.